The molecule has 0 radical (unpaired) electrons. The van der Waals surface area contributed by atoms with Crippen molar-refractivity contribution in [2.24, 2.45) is 0 Å². The van der Waals surface area contributed by atoms with Gasteiger partial charge in [-0.15, -0.1) is 0 Å². The van der Waals surface area contributed by atoms with Gasteiger partial charge in [0.1, 0.15) is 0 Å². The highest BCUT2D eigenvalue weighted by molar-refractivity contribution is 7.91. The monoisotopic (exact) mass is 354 g/mol. The number of nitrogens with one attached hydrogen (secondary N) is 1. The van der Waals surface area contributed by atoms with Crippen LogP contribution < -0.4 is 5.32 Å². The topological polar surface area (TPSA) is 51.1 Å². The molecule has 0 unspecified atom stereocenters. The first kappa shape index (κ1) is 16.4. The van der Waals surface area contributed by atoms with Crippen molar-refractivity contribution in [1.82, 2.24) is 9.88 Å². The summed E-state index contributed by atoms with van der Waals surface area (Å²) in [6, 6.07) is 14.2. The summed E-state index contributed by atoms with van der Waals surface area (Å²) < 4.78 is 28.3. The summed E-state index contributed by atoms with van der Waals surface area (Å²) in [5, 5.41) is 4.52. The highest BCUT2D eigenvalue weighted by Gasteiger charge is 2.22. The number of aryl methyl sites for hydroxylation is 1. The minimum absolute atomic E-state index is 0.344. The predicted octanol–water partition coefficient (Wildman–Crippen LogP) is 3.18. The van der Waals surface area contributed by atoms with Crippen LogP contribution in [0, 0.1) is 0 Å². The quantitative estimate of drug-likeness (QED) is 0.786. The second kappa shape index (κ2) is 6.32. The third kappa shape index (κ3) is 2.68. The minimum atomic E-state index is -3.49. The van der Waals surface area contributed by atoms with Crippen LogP contribution in [0.15, 0.2) is 58.3 Å². The molecule has 0 amide bonds. The zero-order valence-corrected chi connectivity index (χ0v) is 15.1. The molecule has 0 fully saturated rings. The zero-order chi connectivity index (χ0) is 17.4. The summed E-state index contributed by atoms with van der Waals surface area (Å²) in [6.07, 6.45) is 1.92. The number of nitrogens with zero attached hydrogens (tertiary/aromatic N) is 1. The lowest BCUT2D eigenvalue weighted by atomic mass is 10.1. The van der Waals surface area contributed by atoms with Gasteiger partial charge in [-0.3, -0.25) is 0 Å². The smallest absolute Gasteiger partial charge is 0.206 e. The van der Waals surface area contributed by atoms with Crippen LogP contribution in [-0.4, -0.2) is 26.1 Å². The van der Waals surface area contributed by atoms with Gasteiger partial charge in [0.15, 0.2) is 0 Å². The van der Waals surface area contributed by atoms with Gasteiger partial charge in [-0.1, -0.05) is 18.2 Å². The van der Waals surface area contributed by atoms with E-state index in [1.54, 1.807) is 30.3 Å². The van der Waals surface area contributed by atoms with Crippen LogP contribution in [-0.2, 0) is 29.2 Å². The van der Waals surface area contributed by atoms with Gasteiger partial charge in [-0.2, -0.15) is 0 Å². The molecular formula is C20H22N2O2S. The van der Waals surface area contributed by atoms with E-state index in [1.807, 2.05) is 18.2 Å². The lowest BCUT2D eigenvalue weighted by molar-refractivity contribution is 0.596. The standard InChI is InChI=1S/C20H22N2O2S/c1-2-22-19-9-8-16(25(23,24)15-6-4-3-5-7-15)14-18(19)17-10-12-21-13-11-20(17)22/h3-9,14,21H,2,10-13H2,1H3. The number of rotatable bonds is 3. The number of benzene rings is 2. The van der Waals surface area contributed by atoms with Gasteiger partial charge >= 0.3 is 0 Å². The molecule has 5 heteroatoms. The lowest BCUT2D eigenvalue weighted by Crippen LogP contribution is -2.17. The van der Waals surface area contributed by atoms with Gasteiger partial charge in [-0.25, -0.2) is 8.42 Å². The van der Waals surface area contributed by atoms with Gasteiger partial charge in [0.2, 0.25) is 9.84 Å². The van der Waals surface area contributed by atoms with E-state index in [-0.39, 0.29) is 0 Å². The van der Waals surface area contributed by atoms with E-state index < -0.39 is 9.84 Å². The van der Waals surface area contributed by atoms with Gasteiger partial charge in [0.05, 0.1) is 9.79 Å². The van der Waals surface area contributed by atoms with Crippen LogP contribution in [0.4, 0.5) is 0 Å². The van der Waals surface area contributed by atoms with Gasteiger partial charge in [-0.05, 0) is 55.8 Å². The Bertz CT molecular complexity index is 1020. The average Bonchev–Trinajstić information content (AvgIpc) is 2.78. The first-order valence-electron chi connectivity index (χ1n) is 8.78. The number of hydrogen-bond acceptors (Lipinski definition) is 3. The summed E-state index contributed by atoms with van der Waals surface area (Å²) in [4.78, 5) is 0.719. The van der Waals surface area contributed by atoms with Crippen molar-refractivity contribution in [3.63, 3.8) is 0 Å². The molecule has 0 aliphatic carbocycles. The van der Waals surface area contributed by atoms with Crippen LogP contribution in [0.25, 0.3) is 10.9 Å². The maximum atomic E-state index is 13.0. The van der Waals surface area contributed by atoms with E-state index in [0.717, 1.165) is 43.4 Å². The number of aromatic nitrogens is 1. The van der Waals surface area contributed by atoms with Crippen molar-refractivity contribution < 1.29 is 8.42 Å². The molecule has 2 heterocycles. The summed E-state index contributed by atoms with van der Waals surface area (Å²) >= 11 is 0. The molecule has 4 rings (SSSR count). The fraction of sp³-hybridized carbons (Fsp3) is 0.300. The van der Waals surface area contributed by atoms with E-state index >= 15 is 0 Å². The first-order valence-corrected chi connectivity index (χ1v) is 10.3. The number of hydrogen-bond donors (Lipinski definition) is 1. The Morgan fingerprint density at radius 1 is 1.00 bits per heavy atom. The van der Waals surface area contributed by atoms with E-state index in [4.69, 9.17) is 0 Å². The van der Waals surface area contributed by atoms with E-state index in [2.05, 4.69) is 16.8 Å². The molecule has 0 spiro atoms. The van der Waals surface area contributed by atoms with Crippen molar-refractivity contribution in [2.75, 3.05) is 13.1 Å². The van der Waals surface area contributed by atoms with E-state index in [9.17, 15) is 8.42 Å². The Labute approximate surface area is 148 Å². The molecule has 25 heavy (non-hydrogen) atoms. The van der Waals surface area contributed by atoms with Gasteiger partial charge < -0.3 is 9.88 Å². The molecule has 4 nitrogen and oxygen atoms in total. The molecule has 1 aliphatic rings. The van der Waals surface area contributed by atoms with E-state index in [0.29, 0.717) is 9.79 Å². The molecule has 0 saturated heterocycles. The highest BCUT2D eigenvalue weighted by atomic mass is 32.2. The summed E-state index contributed by atoms with van der Waals surface area (Å²) in [6.45, 7) is 4.95. The van der Waals surface area contributed by atoms with E-state index in [1.165, 1.54) is 11.3 Å². The lowest BCUT2D eigenvalue weighted by Gasteiger charge is -2.08. The maximum Gasteiger partial charge on any atom is 0.206 e. The Morgan fingerprint density at radius 2 is 1.76 bits per heavy atom. The number of sulfone groups is 1. The minimum Gasteiger partial charge on any atom is -0.345 e. The number of fused-ring (bicyclic) bond motifs is 3. The van der Waals surface area contributed by atoms with Crippen molar-refractivity contribution in [3.05, 3.63) is 59.8 Å². The molecule has 0 saturated carbocycles. The fourth-order valence-corrected chi connectivity index (χ4v) is 5.14. The molecule has 0 bridgehead atoms. The highest BCUT2D eigenvalue weighted by Crippen LogP contribution is 2.32. The third-order valence-electron chi connectivity index (χ3n) is 5.03. The Morgan fingerprint density at radius 3 is 2.52 bits per heavy atom. The Kier molecular flexibility index (Phi) is 4.13. The first-order chi connectivity index (χ1) is 12.1. The maximum absolute atomic E-state index is 13.0. The van der Waals surface area contributed by atoms with Crippen molar-refractivity contribution in [2.45, 2.75) is 36.1 Å². The second-order valence-corrected chi connectivity index (χ2v) is 8.36. The predicted molar refractivity (Wildman–Crippen MR) is 99.8 cm³/mol. The Balaban J connectivity index is 1.93. The van der Waals surface area contributed by atoms with Crippen LogP contribution >= 0.6 is 0 Å². The van der Waals surface area contributed by atoms with Crippen molar-refractivity contribution in [3.8, 4) is 0 Å². The molecule has 1 aromatic heterocycles. The Hall–Kier alpha value is -2.11. The zero-order valence-electron chi connectivity index (χ0n) is 14.3. The van der Waals surface area contributed by atoms with Crippen LogP contribution in [0.3, 0.4) is 0 Å². The summed E-state index contributed by atoms with van der Waals surface area (Å²) in [7, 11) is -3.49. The summed E-state index contributed by atoms with van der Waals surface area (Å²) in [5.41, 5.74) is 3.78. The second-order valence-electron chi connectivity index (χ2n) is 6.41. The molecule has 0 atom stereocenters. The van der Waals surface area contributed by atoms with Crippen LogP contribution in [0.1, 0.15) is 18.2 Å². The van der Waals surface area contributed by atoms with Crippen LogP contribution in [0.5, 0.6) is 0 Å². The average molecular weight is 354 g/mol. The van der Waals surface area contributed by atoms with Gasteiger partial charge in [0.25, 0.3) is 0 Å². The third-order valence-corrected chi connectivity index (χ3v) is 6.80. The van der Waals surface area contributed by atoms with Crippen LogP contribution in [0.2, 0.25) is 0 Å². The SMILES string of the molecule is CCn1c2c(c3cc(S(=O)(=O)c4ccccc4)ccc31)CCNCC2. The summed E-state index contributed by atoms with van der Waals surface area (Å²) in [5.74, 6) is 0. The fourth-order valence-electron chi connectivity index (χ4n) is 3.83. The molecule has 1 aliphatic heterocycles. The van der Waals surface area contributed by atoms with Gasteiger partial charge in [0, 0.05) is 36.1 Å². The molecule has 3 aromatic rings. The molecule has 130 valence electrons. The molecule has 1 N–H and O–H groups in total. The molecule has 2 aromatic carbocycles. The largest absolute Gasteiger partial charge is 0.345 e. The van der Waals surface area contributed by atoms with Crippen molar-refractivity contribution >= 4 is 20.7 Å². The normalized spacial score (nSPS) is 15.1. The van der Waals surface area contributed by atoms with Crippen molar-refractivity contribution in [1.29, 1.82) is 0 Å². The molecular weight excluding hydrogens is 332 g/mol.